The molecule has 0 atom stereocenters. The lowest BCUT2D eigenvalue weighted by Gasteiger charge is -2.23. The summed E-state index contributed by atoms with van der Waals surface area (Å²) in [6.07, 6.45) is 0.432. The van der Waals surface area contributed by atoms with Gasteiger partial charge in [0, 0.05) is 32.1 Å². The van der Waals surface area contributed by atoms with Crippen molar-refractivity contribution in [3.63, 3.8) is 0 Å². The average molecular weight is 276 g/mol. The van der Waals surface area contributed by atoms with Gasteiger partial charge >= 0.3 is 0 Å². The highest BCUT2D eigenvalue weighted by Gasteiger charge is 2.16. The summed E-state index contributed by atoms with van der Waals surface area (Å²) in [7, 11) is 0. The van der Waals surface area contributed by atoms with Crippen LogP contribution in [0.4, 0.5) is 11.4 Å². The van der Waals surface area contributed by atoms with Gasteiger partial charge in [-0.3, -0.25) is 15.0 Å². The number of nitro groups is 1. The predicted octanol–water partition coefficient (Wildman–Crippen LogP) is 2.55. The number of anilines is 1. The number of nitrogen functional groups attached to an aromatic ring is 1. The predicted molar refractivity (Wildman–Crippen MR) is 77.9 cm³/mol. The number of benzene rings is 1. The monoisotopic (exact) mass is 276 g/mol. The number of rotatable bonds is 7. The number of nitro benzene ring substituents is 1. The first-order chi connectivity index (χ1) is 9.45. The zero-order chi connectivity index (χ0) is 15.1. The van der Waals surface area contributed by atoms with Gasteiger partial charge in [-0.1, -0.05) is 26.0 Å². The van der Waals surface area contributed by atoms with Gasteiger partial charge in [-0.15, -0.1) is 0 Å². The molecular weight excluding hydrogens is 256 g/mol. The fourth-order valence-electron chi connectivity index (χ4n) is 2.10. The molecule has 0 amide bonds. The number of nitriles is 1. The lowest BCUT2D eigenvalue weighted by atomic mass is 10.1. The van der Waals surface area contributed by atoms with Crippen molar-refractivity contribution in [2.24, 2.45) is 5.92 Å². The van der Waals surface area contributed by atoms with E-state index in [4.69, 9.17) is 11.0 Å². The topological polar surface area (TPSA) is 96.2 Å². The maximum absolute atomic E-state index is 10.9. The third kappa shape index (κ3) is 4.52. The Kier molecular flexibility index (Phi) is 5.94. The second-order valence-electron chi connectivity index (χ2n) is 5.14. The van der Waals surface area contributed by atoms with Crippen LogP contribution in [0.15, 0.2) is 18.2 Å². The van der Waals surface area contributed by atoms with Crippen molar-refractivity contribution < 1.29 is 4.92 Å². The summed E-state index contributed by atoms with van der Waals surface area (Å²) >= 11 is 0. The third-order valence-electron chi connectivity index (χ3n) is 2.93. The largest absolute Gasteiger partial charge is 0.393 e. The van der Waals surface area contributed by atoms with Crippen LogP contribution in [0.25, 0.3) is 0 Å². The smallest absolute Gasteiger partial charge is 0.292 e. The van der Waals surface area contributed by atoms with Gasteiger partial charge in [-0.05, 0) is 11.5 Å². The molecule has 0 heterocycles. The van der Waals surface area contributed by atoms with E-state index in [1.165, 1.54) is 6.07 Å². The van der Waals surface area contributed by atoms with Crippen molar-refractivity contribution in [3.05, 3.63) is 33.9 Å². The Morgan fingerprint density at radius 2 is 2.20 bits per heavy atom. The zero-order valence-electron chi connectivity index (χ0n) is 11.9. The summed E-state index contributed by atoms with van der Waals surface area (Å²) < 4.78 is 0. The van der Waals surface area contributed by atoms with Crippen molar-refractivity contribution in [1.29, 1.82) is 5.26 Å². The number of nitrogens with zero attached hydrogens (tertiary/aromatic N) is 3. The van der Waals surface area contributed by atoms with E-state index in [0.717, 1.165) is 12.1 Å². The standard InChI is InChI=1S/C14H20N4O2/c1-11(2)9-17(8-4-7-15)10-12-5-3-6-13(14(12)16)18(19)20/h3,5-6,11H,4,8-10,16H2,1-2H3. The maximum atomic E-state index is 10.9. The first-order valence-electron chi connectivity index (χ1n) is 6.56. The van der Waals surface area contributed by atoms with Gasteiger partial charge in [0.1, 0.15) is 5.69 Å². The molecule has 6 nitrogen and oxygen atoms in total. The number of nitrogens with two attached hydrogens (primary N) is 1. The minimum atomic E-state index is -0.471. The molecule has 0 aliphatic rings. The fourth-order valence-corrected chi connectivity index (χ4v) is 2.10. The molecule has 20 heavy (non-hydrogen) atoms. The van der Waals surface area contributed by atoms with E-state index in [-0.39, 0.29) is 11.4 Å². The Labute approximate surface area is 118 Å². The van der Waals surface area contributed by atoms with Gasteiger partial charge in [-0.25, -0.2) is 0 Å². The highest BCUT2D eigenvalue weighted by atomic mass is 16.6. The van der Waals surface area contributed by atoms with Crippen molar-refractivity contribution in [1.82, 2.24) is 4.90 Å². The normalized spacial score (nSPS) is 10.8. The van der Waals surface area contributed by atoms with Crippen molar-refractivity contribution in [2.45, 2.75) is 26.8 Å². The van der Waals surface area contributed by atoms with E-state index in [9.17, 15) is 10.1 Å². The summed E-state index contributed by atoms with van der Waals surface area (Å²) in [5.41, 5.74) is 6.74. The molecule has 0 aromatic heterocycles. The van der Waals surface area contributed by atoms with Crippen molar-refractivity contribution in [3.8, 4) is 6.07 Å². The summed E-state index contributed by atoms with van der Waals surface area (Å²) in [5.74, 6) is 0.452. The van der Waals surface area contributed by atoms with Gasteiger partial charge < -0.3 is 5.73 Å². The van der Waals surface area contributed by atoms with E-state index in [1.807, 2.05) is 0 Å². The lowest BCUT2D eigenvalue weighted by molar-refractivity contribution is -0.384. The van der Waals surface area contributed by atoms with Crippen LogP contribution in [0.2, 0.25) is 0 Å². The molecule has 0 bridgehead atoms. The molecular formula is C14H20N4O2. The molecule has 2 N–H and O–H groups in total. The highest BCUT2D eigenvalue weighted by molar-refractivity contribution is 5.62. The van der Waals surface area contributed by atoms with Crippen LogP contribution in [-0.4, -0.2) is 22.9 Å². The average Bonchev–Trinajstić information content (AvgIpc) is 2.37. The summed E-state index contributed by atoms with van der Waals surface area (Å²) in [4.78, 5) is 12.5. The zero-order valence-corrected chi connectivity index (χ0v) is 11.9. The third-order valence-corrected chi connectivity index (χ3v) is 2.93. The van der Waals surface area contributed by atoms with E-state index in [1.54, 1.807) is 12.1 Å². The van der Waals surface area contributed by atoms with Gasteiger partial charge in [0.25, 0.3) is 5.69 Å². The molecule has 0 fully saturated rings. The fraction of sp³-hybridized carbons (Fsp3) is 0.500. The molecule has 1 aromatic rings. The van der Waals surface area contributed by atoms with Crippen molar-refractivity contribution >= 4 is 11.4 Å². The quantitative estimate of drug-likeness (QED) is 0.469. The van der Waals surface area contributed by atoms with E-state index in [0.29, 0.717) is 25.4 Å². The maximum Gasteiger partial charge on any atom is 0.292 e. The van der Waals surface area contributed by atoms with Gasteiger partial charge in [0.05, 0.1) is 11.0 Å². The van der Waals surface area contributed by atoms with Crippen molar-refractivity contribution in [2.75, 3.05) is 18.8 Å². The first kappa shape index (κ1) is 15.9. The van der Waals surface area contributed by atoms with Gasteiger partial charge in [0.15, 0.2) is 0 Å². The molecule has 0 unspecified atom stereocenters. The Balaban J connectivity index is 2.90. The summed E-state index contributed by atoms with van der Waals surface area (Å²) in [5, 5.41) is 19.6. The molecule has 0 saturated carbocycles. The van der Waals surface area contributed by atoms with Crippen LogP contribution < -0.4 is 5.73 Å². The summed E-state index contributed by atoms with van der Waals surface area (Å²) in [6, 6.07) is 6.96. The van der Waals surface area contributed by atoms with Crippen LogP contribution >= 0.6 is 0 Å². The Morgan fingerprint density at radius 3 is 2.75 bits per heavy atom. The molecule has 0 aliphatic carbocycles. The molecule has 108 valence electrons. The van der Waals surface area contributed by atoms with Gasteiger partial charge in [0.2, 0.25) is 0 Å². The number of hydrogen-bond acceptors (Lipinski definition) is 5. The lowest BCUT2D eigenvalue weighted by Crippen LogP contribution is -2.28. The second kappa shape index (κ2) is 7.46. The van der Waals surface area contributed by atoms with E-state index < -0.39 is 4.92 Å². The molecule has 0 spiro atoms. The molecule has 1 aromatic carbocycles. The summed E-state index contributed by atoms with van der Waals surface area (Å²) in [6.45, 7) is 6.17. The molecule has 0 aliphatic heterocycles. The first-order valence-corrected chi connectivity index (χ1v) is 6.56. The van der Waals surface area contributed by atoms with E-state index >= 15 is 0 Å². The van der Waals surface area contributed by atoms with Gasteiger partial charge in [-0.2, -0.15) is 5.26 Å². The Morgan fingerprint density at radius 1 is 1.50 bits per heavy atom. The Hall–Kier alpha value is -2.13. The van der Waals surface area contributed by atoms with Crippen LogP contribution in [0.1, 0.15) is 25.8 Å². The highest BCUT2D eigenvalue weighted by Crippen LogP contribution is 2.26. The van der Waals surface area contributed by atoms with Crippen LogP contribution in [0.5, 0.6) is 0 Å². The van der Waals surface area contributed by atoms with E-state index in [2.05, 4.69) is 24.8 Å². The molecule has 6 heteroatoms. The second-order valence-corrected chi connectivity index (χ2v) is 5.14. The molecule has 0 saturated heterocycles. The SMILES string of the molecule is CC(C)CN(CCC#N)Cc1cccc([N+](=O)[O-])c1N. The number of hydrogen-bond donors (Lipinski definition) is 1. The molecule has 1 rings (SSSR count). The van der Waals surface area contributed by atoms with Crippen LogP contribution in [0, 0.1) is 27.4 Å². The van der Waals surface area contributed by atoms with Crippen LogP contribution in [0.3, 0.4) is 0 Å². The minimum Gasteiger partial charge on any atom is -0.393 e. The number of para-hydroxylation sites is 1. The Bertz CT molecular complexity index is 508. The van der Waals surface area contributed by atoms with Crippen LogP contribution in [-0.2, 0) is 6.54 Å². The minimum absolute atomic E-state index is 0.0627. The molecule has 0 radical (unpaired) electrons.